The van der Waals surface area contributed by atoms with E-state index in [1.807, 2.05) is 12.4 Å². The van der Waals surface area contributed by atoms with E-state index in [-0.39, 0.29) is 0 Å². The minimum absolute atomic E-state index is 0.847. The van der Waals surface area contributed by atoms with Crippen molar-refractivity contribution in [2.75, 3.05) is 40.4 Å². The van der Waals surface area contributed by atoms with Gasteiger partial charge in [0.1, 0.15) is 11.5 Å². The lowest BCUT2D eigenvalue weighted by Gasteiger charge is -2.28. The van der Waals surface area contributed by atoms with Gasteiger partial charge in [0.2, 0.25) is 0 Å². The first kappa shape index (κ1) is 28.1. The first-order valence-electron chi connectivity index (χ1n) is 12.8. The molecule has 2 aromatic heterocycles. The van der Waals surface area contributed by atoms with Crippen LogP contribution in [0.5, 0.6) is 11.5 Å². The number of aryl methyl sites for hydroxylation is 2. The average Bonchev–Trinajstić information content (AvgIpc) is 2.82. The summed E-state index contributed by atoms with van der Waals surface area (Å²) in [4.78, 5) is 14.6. The summed E-state index contributed by atoms with van der Waals surface area (Å²) < 4.78 is 11.3. The quantitative estimate of drug-likeness (QED) is 0.336. The van der Waals surface area contributed by atoms with Crippen LogP contribution in [-0.4, -0.2) is 60.2 Å². The van der Waals surface area contributed by atoms with E-state index in [2.05, 4.69) is 51.3 Å². The number of methoxy groups -OCH3 is 2. The second kappa shape index (κ2) is 14.3. The summed E-state index contributed by atoms with van der Waals surface area (Å²) in [5.74, 6) is 1.92. The Kier molecular flexibility index (Phi) is 11.8. The largest absolute Gasteiger partial charge is 0.496 e. The standard InChI is InChI=1S/C28H46N4O2/c1-9-11-13-31(19-25-23(5)27(33-7)21(3)17-29-25)15-16-32(14-12-10-2)20-26-24(6)28(34-8)22(4)18-30-26/h17-18H,9-16,19-20H2,1-8H3. The molecule has 0 unspecified atom stereocenters. The maximum Gasteiger partial charge on any atom is 0.128 e. The summed E-state index contributed by atoms with van der Waals surface area (Å²) in [5, 5.41) is 0. The van der Waals surface area contributed by atoms with Crippen molar-refractivity contribution in [3.63, 3.8) is 0 Å². The van der Waals surface area contributed by atoms with E-state index in [4.69, 9.17) is 19.4 Å². The molecule has 0 spiro atoms. The highest BCUT2D eigenvalue weighted by Crippen LogP contribution is 2.26. The molecular formula is C28H46N4O2. The van der Waals surface area contributed by atoms with Crippen LogP contribution in [0.4, 0.5) is 0 Å². The Hall–Kier alpha value is -2.18. The predicted octanol–water partition coefficient (Wildman–Crippen LogP) is 5.63. The van der Waals surface area contributed by atoms with Crippen LogP contribution in [0.1, 0.15) is 73.2 Å². The van der Waals surface area contributed by atoms with Gasteiger partial charge in [-0.25, -0.2) is 0 Å². The molecule has 2 aromatic rings. The van der Waals surface area contributed by atoms with Crippen LogP contribution >= 0.6 is 0 Å². The van der Waals surface area contributed by atoms with Gasteiger partial charge in [-0.2, -0.15) is 0 Å². The lowest BCUT2D eigenvalue weighted by Crippen LogP contribution is -2.36. The van der Waals surface area contributed by atoms with Crippen LogP contribution in [0.25, 0.3) is 0 Å². The molecule has 0 saturated heterocycles. The fraction of sp³-hybridized carbons (Fsp3) is 0.643. The summed E-state index contributed by atoms with van der Waals surface area (Å²) in [6.07, 6.45) is 8.62. The van der Waals surface area contributed by atoms with E-state index in [0.717, 1.165) is 84.4 Å². The molecular weight excluding hydrogens is 424 g/mol. The van der Waals surface area contributed by atoms with E-state index >= 15 is 0 Å². The second-order valence-corrected chi connectivity index (χ2v) is 9.35. The molecule has 2 heterocycles. The molecule has 6 nitrogen and oxygen atoms in total. The van der Waals surface area contributed by atoms with Gasteiger partial charge in [0.25, 0.3) is 0 Å². The zero-order valence-electron chi connectivity index (χ0n) is 22.8. The molecule has 190 valence electrons. The molecule has 0 atom stereocenters. The van der Waals surface area contributed by atoms with Gasteiger partial charge in [-0.15, -0.1) is 0 Å². The summed E-state index contributed by atoms with van der Waals surface area (Å²) >= 11 is 0. The van der Waals surface area contributed by atoms with Crippen molar-refractivity contribution in [1.82, 2.24) is 19.8 Å². The summed E-state index contributed by atoms with van der Waals surface area (Å²) in [5.41, 5.74) is 6.70. The van der Waals surface area contributed by atoms with Gasteiger partial charge in [-0.3, -0.25) is 19.8 Å². The van der Waals surface area contributed by atoms with Crippen molar-refractivity contribution < 1.29 is 9.47 Å². The number of aromatic nitrogens is 2. The van der Waals surface area contributed by atoms with Crippen molar-refractivity contribution >= 4 is 0 Å². The molecule has 2 rings (SSSR count). The minimum Gasteiger partial charge on any atom is -0.496 e. The zero-order chi connectivity index (χ0) is 25.1. The molecule has 0 saturated carbocycles. The topological polar surface area (TPSA) is 50.7 Å². The third kappa shape index (κ3) is 7.67. The molecule has 0 aliphatic rings. The van der Waals surface area contributed by atoms with Crippen molar-refractivity contribution in [2.24, 2.45) is 0 Å². The van der Waals surface area contributed by atoms with Gasteiger partial charge in [0, 0.05) is 60.8 Å². The van der Waals surface area contributed by atoms with Crippen molar-refractivity contribution in [3.8, 4) is 11.5 Å². The number of hydrogen-bond donors (Lipinski definition) is 0. The first-order chi connectivity index (χ1) is 16.4. The number of unbranched alkanes of at least 4 members (excludes halogenated alkanes) is 2. The molecule has 0 aliphatic heterocycles. The van der Waals surface area contributed by atoms with Gasteiger partial charge in [0.05, 0.1) is 25.6 Å². The van der Waals surface area contributed by atoms with E-state index in [9.17, 15) is 0 Å². The normalized spacial score (nSPS) is 11.5. The first-order valence-corrected chi connectivity index (χ1v) is 12.8. The average molecular weight is 471 g/mol. The van der Waals surface area contributed by atoms with Crippen LogP contribution in [0.15, 0.2) is 12.4 Å². The third-order valence-electron chi connectivity index (χ3n) is 6.63. The van der Waals surface area contributed by atoms with Crippen LogP contribution in [0, 0.1) is 27.7 Å². The van der Waals surface area contributed by atoms with E-state index in [1.54, 1.807) is 14.2 Å². The van der Waals surface area contributed by atoms with Crippen LogP contribution in [-0.2, 0) is 13.1 Å². The van der Waals surface area contributed by atoms with E-state index in [0.29, 0.717) is 0 Å². The second-order valence-electron chi connectivity index (χ2n) is 9.35. The van der Waals surface area contributed by atoms with Crippen molar-refractivity contribution in [2.45, 2.75) is 80.3 Å². The predicted molar refractivity (Wildman–Crippen MR) is 141 cm³/mol. The molecule has 0 bridgehead atoms. The Bertz CT molecular complexity index is 827. The Morgan fingerprint density at radius 1 is 0.647 bits per heavy atom. The van der Waals surface area contributed by atoms with E-state index in [1.165, 1.54) is 25.7 Å². The zero-order valence-corrected chi connectivity index (χ0v) is 22.8. The number of nitrogens with zero attached hydrogens (tertiary/aromatic N) is 4. The monoisotopic (exact) mass is 470 g/mol. The maximum atomic E-state index is 5.64. The SMILES string of the molecule is CCCCN(CCN(CCCC)Cc1ncc(C)c(OC)c1C)Cc1ncc(C)c(OC)c1C. The van der Waals surface area contributed by atoms with Crippen LogP contribution in [0.2, 0.25) is 0 Å². The number of pyridine rings is 2. The van der Waals surface area contributed by atoms with Gasteiger partial charge >= 0.3 is 0 Å². The Balaban J connectivity index is 2.16. The fourth-order valence-electron chi connectivity index (χ4n) is 4.47. The summed E-state index contributed by atoms with van der Waals surface area (Å²) in [7, 11) is 3.49. The minimum atomic E-state index is 0.847. The molecule has 0 N–H and O–H groups in total. The number of hydrogen-bond acceptors (Lipinski definition) is 6. The summed E-state index contributed by atoms with van der Waals surface area (Å²) in [6, 6.07) is 0. The summed E-state index contributed by atoms with van der Waals surface area (Å²) in [6.45, 7) is 18.7. The fourth-order valence-corrected chi connectivity index (χ4v) is 4.47. The van der Waals surface area contributed by atoms with Crippen LogP contribution in [0.3, 0.4) is 0 Å². The highest BCUT2D eigenvalue weighted by atomic mass is 16.5. The van der Waals surface area contributed by atoms with Gasteiger partial charge in [0.15, 0.2) is 0 Å². The van der Waals surface area contributed by atoms with Crippen molar-refractivity contribution in [1.29, 1.82) is 0 Å². The lowest BCUT2D eigenvalue weighted by molar-refractivity contribution is 0.186. The third-order valence-corrected chi connectivity index (χ3v) is 6.63. The molecule has 0 amide bonds. The molecule has 0 radical (unpaired) electrons. The Morgan fingerprint density at radius 2 is 1.03 bits per heavy atom. The van der Waals surface area contributed by atoms with Gasteiger partial charge in [-0.05, 0) is 53.6 Å². The molecule has 34 heavy (non-hydrogen) atoms. The van der Waals surface area contributed by atoms with E-state index < -0.39 is 0 Å². The maximum absolute atomic E-state index is 5.64. The molecule has 0 aliphatic carbocycles. The Labute approximate surface area is 207 Å². The number of ether oxygens (including phenoxy) is 2. The van der Waals surface area contributed by atoms with Gasteiger partial charge in [-0.1, -0.05) is 26.7 Å². The van der Waals surface area contributed by atoms with Crippen molar-refractivity contribution in [3.05, 3.63) is 46.0 Å². The Morgan fingerprint density at radius 3 is 1.35 bits per heavy atom. The molecule has 0 aromatic carbocycles. The lowest BCUT2D eigenvalue weighted by atomic mass is 10.1. The highest BCUT2D eigenvalue weighted by molar-refractivity contribution is 5.41. The molecule has 0 fully saturated rings. The number of rotatable bonds is 15. The van der Waals surface area contributed by atoms with Gasteiger partial charge < -0.3 is 9.47 Å². The highest BCUT2D eigenvalue weighted by Gasteiger charge is 2.17. The molecule has 6 heteroatoms. The van der Waals surface area contributed by atoms with Crippen LogP contribution < -0.4 is 9.47 Å². The smallest absolute Gasteiger partial charge is 0.128 e.